The molecule has 0 atom stereocenters. The summed E-state index contributed by atoms with van der Waals surface area (Å²) in [5.41, 5.74) is 10.6. The number of aryl methyl sites for hydroxylation is 1. The molecule has 14 heteroatoms. The number of pyridine rings is 4. The third-order valence-electron chi connectivity index (χ3n) is 14.2. The number of halogens is 3. The molecule has 0 saturated carbocycles. The summed E-state index contributed by atoms with van der Waals surface area (Å²) in [5, 5.41) is 22.6. The molecule has 0 fully saturated rings. The Hall–Kier alpha value is -7.14. The molecule has 429 valence electrons. The molecule has 13 rings (SSSR count). The van der Waals surface area contributed by atoms with E-state index >= 15 is 0 Å². The van der Waals surface area contributed by atoms with Gasteiger partial charge in [-0.2, -0.15) is 0 Å². The van der Waals surface area contributed by atoms with Crippen molar-refractivity contribution in [3.05, 3.63) is 245 Å². The van der Waals surface area contributed by atoms with Crippen LogP contribution in [0.4, 0.5) is 13.2 Å². The number of aliphatic hydroxyl groups is 1. The summed E-state index contributed by atoms with van der Waals surface area (Å²) in [6, 6.07) is 53.3. The first-order valence-electron chi connectivity index (χ1n) is 26.2. The second-order valence-corrected chi connectivity index (χ2v) is 21.7. The second kappa shape index (κ2) is 27.1. The van der Waals surface area contributed by atoms with E-state index in [-0.39, 0.29) is 100 Å². The van der Waals surface area contributed by atoms with Crippen molar-refractivity contribution < 1.29 is 83.4 Å². The van der Waals surface area contributed by atoms with Gasteiger partial charge in [-0.25, -0.2) is 13.2 Å². The van der Waals surface area contributed by atoms with E-state index in [1.165, 1.54) is 42.8 Å². The van der Waals surface area contributed by atoms with Gasteiger partial charge >= 0.3 is 0 Å². The summed E-state index contributed by atoms with van der Waals surface area (Å²) in [7, 11) is 0. The Bertz CT molecular complexity index is 4110. The molecule has 0 saturated heterocycles. The van der Waals surface area contributed by atoms with Crippen LogP contribution < -0.4 is 5.10 Å². The predicted octanol–water partition coefficient (Wildman–Crippen LogP) is 16.5. The van der Waals surface area contributed by atoms with Crippen molar-refractivity contribution >= 4 is 38.1 Å². The molecule has 5 heterocycles. The van der Waals surface area contributed by atoms with Gasteiger partial charge < -0.3 is 30.3 Å². The normalized spacial score (nSPS) is 12.7. The van der Waals surface area contributed by atoms with Crippen LogP contribution in [0.1, 0.15) is 95.8 Å². The molecule has 0 aliphatic heterocycles. The molecule has 3 radical (unpaired) electrons. The minimum absolute atomic E-state index is 0. The minimum Gasteiger partial charge on any atom is -0.573 e. The summed E-state index contributed by atoms with van der Waals surface area (Å²) in [6.45, 7) is 19.0. The Balaban J connectivity index is 0.000000171. The van der Waals surface area contributed by atoms with Crippen LogP contribution in [-0.2, 0) is 81.4 Å². The van der Waals surface area contributed by atoms with E-state index in [0.717, 1.165) is 66.9 Å². The van der Waals surface area contributed by atoms with Crippen LogP contribution in [0.5, 0.6) is 0 Å². The summed E-state index contributed by atoms with van der Waals surface area (Å²) in [6.07, 6.45) is 8.13. The number of carbonyl (C=O) groups is 1. The number of carbonyl (C=O) groups excluding carboxylic acids is 1. The summed E-state index contributed by atoms with van der Waals surface area (Å²) in [5.74, 6) is -0.757. The van der Waals surface area contributed by atoms with Crippen molar-refractivity contribution in [2.24, 2.45) is 0 Å². The van der Waals surface area contributed by atoms with Crippen LogP contribution in [0, 0.1) is 42.6 Å². The van der Waals surface area contributed by atoms with E-state index < -0.39 is 5.41 Å². The van der Waals surface area contributed by atoms with Gasteiger partial charge in [0.15, 0.2) is 5.78 Å². The first kappa shape index (κ1) is 65.0. The Morgan fingerprint density at radius 2 is 1.17 bits per heavy atom. The molecule has 0 bridgehead atoms. The monoisotopic (exact) mass is 1640 g/mol. The van der Waals surface area contributed by atoms with Crippen molar-refractivity contribution in [2.75, 3.05) is 0 Å². The average molecular weight is 1640 g/mol. The predicted molar refractivity (Wildman–Crippen MR) is 313 cm³/mol. The van der Waals surface area contributed by atoms with E-state index in [1.807, 2.05) is 105 Å². The van der Waals surface area contributed by atoms with Gasteiger partial charge in [-0.15, -0.1) is 83.4 Å². The Morgan fingerprint density at radius 3 is 1.75 bits per heavy atom. The molecule has 2 aliphatic carbocycles. The first-order chi connectivity index (χ1) is 38.2. The van der Waals surface area contributed by atoms with E-state index in [1.54, 1.807) is 43.7 Å². The van der Waals surface area contributed by atoms with E-state index in [2.05, 4.69) is 107 Å². The van der Waals surface area contributed by atoms with Crippen LogP contribution in [0.3, 0.4) is 0 Å². The number of hydrogen-bond acceptors (Lipinski definition) is 7. The van der Waals surface area contributed by atoms with E-state index in [4.69, 9.17) is 5.11 Å². The quantitative estimate of drug-likeness (QED) is 0.106. The zero-order chi connectivity index (χ0) is 57.1. The van der Waals surface area contributed by atoms with Gasteiger partial charge in [-0.1, -0.05) is 126 Å². The smallest absolute Gasteiger partial charge is 0.155 e. The number of fused-ring (bicyclic) bond motifs is 5. The SMILES string of the molecule is CC(=O)C=C(C)O.CC(C)(C)c1cc(-c2ccccn2)[n-]n1.CC1(C)c2c([c-]ccc2F)-c2nccc3cccc1c23.Cc1cc2c3c(nccc3c1F)-c1[c-]ccc(F)c1C2(C)C.[Ir].[Ir].[Ir].[c-]1ccccc1-c1nccc2ccccc12. The number of aromatic nitrogens is 6. The molecule has 11 aromatic rings. The topological polar surface area (TPSA) is 116 Å². The van der Waals surface area contributed by atoms with Gasteiger partial charge in [0.25, 0.3) is 0 Å². The summed E-state index contributed by atoms with van der Waals surface area (Å²) >= 11 is 0. The Labute approximate surface area is 523 Å². The van der Waals surface area contributed by atoms with Gasteiger partial charge in [-0.3, -0.25) is 9.78 Å². The van der Waals surface area contributed by atoms with E-state index in [0.29, 0.717) is 33.3 Å². The second-order valence-electron chi connectivity index (χ2n) is 21.7. The third-order valence-corrected chi connectivity index (χ3v) is 14.2. The standard InChI is InChI=1S/C19H14F2N.C18H13FN.C15H10N.C12H14N3.C5H8O2.3Ir/c1-10-9-13-15-11(17(10)21)7-8-22-18(15)12-5-4-6-14(20)16(12)19(13,2)3;1-18(2)13-7-3-5-11-9-10-20-17(15(11)13)12-6-4-8-14(19)16(12)18;1-2-7-13(8-3-1)15-14-9-5-4-6-12(14)10-11-16-15;1-12(2,3)11-8-10(14-15-11)9-6-4-5-7-13-9;1-4(6)3-5(2)7;;;/h4,6-9H,1-3H3;3-5,7-10H,1-2H3;1-7,9-11H;4-8H,1-3H3;3,6H,1-2H3;;;/q4*-1;;;;. The molecule has 6 aromatic carbocycles. The fourth-order valence-electron chi connectivity index (χ4n) is 10.4. The average Bonchev–Trinajstić information content (AvgIpc) is 1.37. The maximum atomic E-state index is 14.5. The van der Waals surface area contributed by atoms with Gasteiger partial charge in [0, 0.05) is 125 Å². The Morgan fingerprint density at radius 1 is 0.590 bits per heavy atom. The molecule has 0 spiro atoms. The zero-order valence-electron chi connectivity index (χ0n) is 47.3. The number of benzene rings is 6. The van der Waals surface area contributed by atoms with Crippen molar-refractivity contribution in [3.63, 3.8) is 0 Å². The third kappa shape index (κ3) is 13.6. The number of hydrogen-bond donors (Lipinski definition) is 1. The van der Waals surface area contributed by atoms with Gasteiger partial charge in [0.1, 0.15) is 5.82 Å². The van der Waals surface area contributed by atoms with Gasteiger partial charge in [-0.05, 0) is 123 Å². The number of ketones is 1. The number of rotatable bonds is 3. The molecule has 2 aliphatic rings. The van der Waals surface area contributed by atoms with Crippen LogP contribution >= 0.6 is 0 Å². The minimum atomic E-state index is -0.566. The molecule has 5 aromatic heterocycles. The number of aliphatic hydroxyl groups excluding tert-OH is 1. The zero-order valence-corrected chi connectivity index (χ0v) is 54.5. The molecule has 0 unspecified atom stereocenters. The molecular weight excluding hydrogens is 1580 g/mol. The van der Waals surface area contributed by atoms with Crippen molar-refractivity contribution in [3.8, 4) is 45.2 Å². The summed E-state index contributed by atoms with van der Waals surface area (Å²) < 4.78 is 43.4. The maximum absolute atomic E-state index is 14.5. The fourth-order valence-corrected chi connectivity index (χ4v) is 10.4. The van der Waals surface area contributed by atoms with Crippen LogP contribution in [0.25, 0.3) is 77.5 Å². The van der Waals surface area contributed by atoms with Crippen molar-refractivity contribution in [1.29, 1.82) is 0 Å². The van der Waals surface area contributed by atoms with Crippen LogP contribution in [-0.4, -0.2) is 35.9 Å². The van der Waals surface area contributed by atoms with Crippen molar-refractivity contribution in [2.45, 2.75) is 85.5 Å². The molecule has 8 nitrogen and oxygen atoms in total. The largest absolute Gasteiger partial charge is 0.573 e. The number of allylic oxidation sites excluding steroid dienone is 2. The molecule has 1 N–H and O–H groups in total. The number of nitrogens with zero attached hydrogens (tertiary/aromatic N) is 6. The van der Waals surface area contributed by atoms with Crippen LogP contribution in [0.2, 0.25) is 0 Å². The Kier molecular flexibility index (Phi) is 21.2. The molecule has 83 heavy (non-hydrogen) atoms. The van der Waals surface area contributed by atoms with Gasteiger partial charge in [0.05, 0.1) is 5.76 Å². The van der Waals surface area contributed by atoms with Crippen LogP contribution in [0.15, 0.2) is 176 Å². The fraction of sp³-hybridized carbons (Fsp3) is 0.188. The van der Waals surface area contributed by atoms with E-state index in [9.17, 15) is 18.0 Å². The molecular formula is C69H59F3Ir3N6O2-4. The maximum Gasteiger partial charge on any atom is 0.155 e. The molecule has 0 amide bonds. The van der Waals surface area contributed by atoms with Gasteiger partial charge in [0.2, 0.25) is 0 Å². The van der Waals surface area contributed by atoms with Crippen molar-refractivity contribution in [1.82, 2.24) is 30.1 Å². The summed E-state index contributed by atoms with van der Waals surface area (Å²) in [4.78, 5) is 27.6. The first-order valence-corrected chi connectivity index (χ1v) is 26.2.